The molecule has 4 rings (SSSR count). The molecule has 11 heteroatoms. The molecular weight excluding hydrogens is 456 g/mol. The van der Waals surface area contributed by atoms with E-state index in [0.29, 0.717) is 22.2 Å². The van der Waals surface area contributed by atoms with E-state index in [1.165, 1.54) is 13.3 Å². The molecule has 0 aliphatic heterocycles. The Hall–Kier alpha value is -3.45. The molecule has 1 fully saturated rings. The number of alkyl halides is 2. The molecule has 33 heavy (non-hydrogen) atoms. The average molecular weight is 476 g/mol. The zero-order valence-corrected chi connectivity index (χ0v) is 18.5. The highest BCUT2D eigenvalue weighted by atomic mass is 35.5. The van der Waals surface area contributed by atoms with Crippen LogP contribution in [0.25, 0.3) is 10.9 Å². The Kier molecular flexibility index (Phi) is 6.08. The van der Waals surface area contributed by atoms with Crippen molar-refractivity contribution in [1.29, 1.82) is 5.26 Å². The Morgan fingerprint density at radius 3 is 2.85 bits per heavy atom. The number of benzene rings is 1. The molecule has 0 spiro atoms. The van der Waals surface area contributed by atoms with Gasteiger partial charge in [-0.15, -0.1) is 0 Å². The van der Waals surface area contributed by atoms with Gasteiger partial charge in [-0.1, -0.05) is 11.6 Å². The lowest BCUT2D eigenvalue weighted by Gasteiger charge is -2.34. The predicted octanol–water partition coefficient (Wildman–Crippen LogP) is 4.45. The number of hydrogen-bond donors (Lipinski definition) is 2. The van der Waals surface area contributed by atoms with Gasteiger partial charge in [0.15, 0.2) is 0 Å². The number of methoxy groups -OCH3 is 1. The number of nitrogens with one attached hydrogen (secondary N) is 2. The highest BCUT2D eigenvalue weighted by Crippen LogP contribution is 2.43. The van der Waals surface area contributed by atoms with Gasteiger partial charge in [0, 0.05) is 29.7 Å². The van der Waals surface area contributed by atoms with Gasteiger partial charge in [-0.25, -0.2) is 13.8 Å². The van der Waals surface area contributed by atoms with Crippen LogP contribution in [0.1, 0.15) is 36.9 Å². The van der Waals surface area contributed by atoms with Gasteiger partial charge in [0.05, 0.1) is 31.5 Å². The van der Waals surface area contributed by atoms with Crippen molar-refractivity contribution in [1.82, 2.24) is 15.0 Å². The minimum Gasteiger partial charge on any atom is -0.492 e. The van der Waals surface area contributed by atoms with Gasteiger partial charge in [-0.3, -0.25) is 4.79 Å². The fraction of sp³-hybridized carbons (Fsp3) is 0.364. The third kappa shape index (κ3) is 4.68. The van der Waals surface area contributed by atoms with E-state index >= 15 is 0 Å². The first-order valence-corrected chi connectivity index (χ1v) is 10.5. The van der Waals surface area contributed by atoms with Crippen molar-refractivity contribution in [2.24, 2.45) is 5.92 Å². The van der Waals surface area contributed by atoms with Crippen molar-refractivity contribution in [3.05, 3.63) is 50.9 Å². The van der Waals surface area contributed by atoms with Crippen LogP contribution in [0.4, 0.5) is 14.7 Å². The normalized spacial score (nSPS) is 16.0. The number of fused-ring (bicyclic) bond motifs is 1. The number of anilines is 1. The van der Waals surface area contributed by atoms with Gasteiger partial charge < -0.3 is 19.8 Å². The smallest absolute Gasteiger partial charge is 0.253 e. The highest BCUT2D eigenvalue weighted by molar-refractivity contribution is 6.36. The lowest BCUT2D eigenvalue weighted by Crippen LogP contribution is -2.38. The van der Waals surface area contributed by atoms with Crippen LogP contribution < -0.4 is 20.3 Å². The van der Waals surface area contributed by atoms with Crippen LogP contribution in [0.15, 0.2) is 29.2 Å². The first-order valence-electron chi connectivity index (χ1n) is 10.1. The summed E-state index contributed by atoms with van der Waals surface area (Å²) in [6, 6.07) is 6.53. The van der Waals surface area contributed by atoms with E-state index in [1.807, 2.05) is 6.07 Å². The Morgan fingerprint density at radius 1 is 1.42 bits per heavy atom. The zero-order chi connectivity index (χ0) is 23.8. The number of nitriles is 1. The van der Waals surface area contributed by atoms with Crippen LogP contribution in [-0.4, -0.2) is 34.6 Å². The molecule has 1 unspecified atom stereocenters. The second kappa shape index (κ2) is 8.83. The molecule has 2 heterocycles. The van der Waals surface area contributed by atoms with Gasteiger partial charge in [0.1, 0.15) is 22.4 Å². The molecule has 8 nitrogen and oxygen atoms in total. The van der Waals surface area contributed by atoms with Crippen LogP contribution in [0, 0.1) is 17.2 Å². The summed E-state index contributed by atoms with van der Waals surface area (Å²) in [5, 5.41) is 12.9. The minimum absolute atomic E-state index is 0.125. The SMILES string of the molecule is COc1nc(NC(C)c2cc3ccc(OCC4CC(F)(F)C4)c(Cl)c3[nH]c2=O)ncc1C#N. The minimum atomic E-state index is -2.61. The molecule has 0 amide bonds. The fourth-order valence-electron chi connectivity index (χ4n) is 3.72. The van der Waals surface area contributed by atoms with Crippen LogP contribution in [0.3, 0.4) is 0 Å². The van der Waals surface area contributed by atoms with Crippen LogP contribution >= 0.6 is 11.6 Å². The number of aromatic amines is 1. The van der Waals surface area contributed by atoms with Gasteiger partial charge >= 0.3 is 0 Å². The summed E-state index contributed by atoms with van der Waals surface area (Å²) in [5.41, 5.74) is 0.625. The molecule has 172 valence electrons. The third-order valence-electron chi connectivity index (χ3n) is 5.48. The van der Waals surface area contributed by atoms with E-state index in [4.69, 9.17) is 26.3 Å². The molecule has 1 saturated carbocycles. The maximum Gasteiger partial charge on any atom is 0.253 e. The quantitative estimate of drug-likeness (QED) is 0.519. The van der Waals surface area contributed by atoms with Crippen molar-refractivity contribution in [2.75, 3.05) is 19.0 Å². The van der Waals surface area contributed by atoms with E-state index in [-0.39, 0.29) is 53.3 Å². The van der Waals surface area contributed by atoms with Crippen molar-refractivity contribution in [3.63, 3.8) is 0 Å². The number of hydrogen-bond acceptors (Lipinski definition) is 7. The summed E-state index contributed by atoms with van der Waals surface area (Å²) in [7, 11) is 1.40. The largest absolute Gasteiger partial charge is 0.492 e. The molecule has 3 aromatic rings. The topological polar surface area (TPSA) is 113 Å². The first kappa shape index (κ1) is 22.7. The van der Waals surface area contributed by atoms with Crippen LogP contribution in [0.2, 0.25) is 5.02 Å². The van der Waals surface area contributed by atoms with E-state index in [9.17, 15) is 13.6 Å². The number of rotatable bonds is 7. The highest BCUT2D eigenvalue weighted by Gasteiger charge is 2.45. The number of H-pyrrole nitrogens is 1. The molecule has 1 atom stereocenters. The van der Waals surface area contributed by atoms with E-state index in [1.54, 1.807) is 25.1 Å². The van der Waals surface area contributed by atoms with Crippen molar-refractivity contribution >= 4 is 28.5 Å². The molecule has 0 bridgehead atoms. The standard InChI is InChI=1S/C22H20ClF2N5O3/c1-11(28-21-27-9-14(8-26)20(30-21)32-2)15-5-13-3-4-16(17(23)18(13)29-19(15)31)33-10-12-6-22(24,25)7-12/h3-5,9,11-12H,6-7,10H2,1-2H3,(H,29,31)(H,27,28,30). The Bertz CT molecular complexity index is 1300. The lowest BCUT2D eigenvalue weighted by molar-refractivity contribution is -0.119. The Labute approximate surface area is 192 Å². The second-order valence-corrected chi connectivity index (χ2v) is 8.31. The molecule has 2 aromatic heterocycles. The summed E-state index contributed by atoms with van der Waals surface area (Å²) < 4.78 is 36.7. The fourth-order valence-corrected chi connectivity index (χ4v) is 3.99. The van der Waals surface area contributed by atoms with Crippen LogP contribution in [-0.2, 0) is 0 Å². The molecule has 0 saturated heterocycles. The Morgan fingerprint density at radius 2 is 2.18 bits per heavy atom. The number of pyridine rings is 1. The number of halogens is 3. The maximum atomic E-state index is 13.0. The summed E-state index contributed by atoms with van der Waals surface area (Å²) in [6.45, 7) is 1.90. The summed E-state index contributed by atoms with van der Waals surface area (Å²) in [4.78, 5) is 23.7. The number of nitrogens with zero attached hydrogens (tertiary/aromatic N) is 3. The molecule has 0 radical (unpaired) electrons. The number of ether oxygens (including phenoxy) is 2. The molecular formula is C22H20ClF2N5O3. The van der Waals surface area contributed by atoms with E-state index < -0.39 is 12.0 Å². The van der Waals surface area contributed by atoms with Crippen molar-refractivity contribution < 1.29 is 18.3 Å². The van der Waals surface area contributed by atoms with Gasteiger partial charge in [0.2, 0.25) is 17.8 Å². The summed E-state index contributed by atoms with van der Waals surface area (Å²) in [6.07, 6.45) is 0.938. The third-order valence-corrected chi connectivity index (χ3v) is 5.85. The van der Waals surface area contributed by atoms with Crippen LogP contribution in [0.5, 0.6) is 11.6 Å². The van der Waals surface area contributed by atoms with Crippen molar-refractivity contribution in [3.8, 4) is 17.7 Å². The Balaban J connectivity index is 1.54. The predicted molar refractivity (Wildman–Crippen MR) is 118 cm³/mol. The average Bonchev–Trinajstić information content (AvgIpc) is 2.77. The molecule has 2 N–H and O–H groups in total. The van der Waals surface area contributed by atoms with Gasteiger partial charge in [-0.05, 0) is 25.1 Å². The molecule has 1 aromatic carbocycles. The summed E-state index contributed by atoms with van der Waals surface area (Å²) in [5.74, 6) is -2.18. The summed E-state index contributed by atoms with van der Waals surface area (Å²) >= 11 is 6.42. The first-order chi connectivity index (χ1) is 15.7. The maximum absolute atomic E-state index is 13.0. The second-order valence-electron chi connectivity index (χ2n) is 7.93. The van der Waals surface area contributed by atoms with E-state index in [2.05, 4.69) is 20.3 Å². The lowest BCUT2D eigenvalue weighted by atomic mass is 9.82. The van der Waals surface area contributed by atoms with Gasteiger partial charge in [0.25, 0.3) is 5.56 Å². The molecule has 1 aliphatic carbocycles. The molecule has 1 aliphatic rings. The van der Waals surface area contributed by atoms with E-state index in [0.717, 1.165) is 0 Å². The van der Waals surface area contributed by atoms with Crippen molar-refractivity contribution in [2.45, 2.75) is 31.7 Å². The van der Waals surface area contributed by atoms with Gasteiger partial charge in [-0.2, -0.15) is 10.2 Å². The zero-order valence-electron chi connectivity index (χ0n) is 17.8. The monoisotopic (exact) mass is 475 g/mol. The number of aromatic nitrogens is 3.